The van der Waals surface area contributed by atoms with Crippen LogP contribution in [-0.2, 0) is 13.5 Å². The molecule has 2 rings (SSSR count). The number of aromatic nitrogens is 2. The Balaban J connectivity index is 2.48. The van der Waals surface area contributed by atoms with Gasteiger partial charge in [0.05, 0.1) is 6.20 Å². The Kier molecular flexibility index (Phi) is 1.48. The second-order valence-electron chi connectivity index (χ2n) is 3.47. The molecule has 1 heterocycles. The van der Waals surface area contributed by atoms with Gasteiger partial charge in [-0.1, -0.05) is 6.92 Å². The highest BCUT2D eigenvalue weighted by atomic mass is 15.3. The first-order valence-corrected chi connectivity index (χ1v) is 4.30. The summed E-state index contributed by atoms with van der Waals surface area (Å²) >= 11 is 0. The van der Waals surface area contributed by atoms with Gasteiger partial charge in [0, 0.05) is 12.7 Å². The van der Waals surface area contributed by atoms with Crippen molar-refractivity contribution in [3.63, 3.8) is 0 Å². The minimum atomic E-state index is 0.714. The molecule has 2 nitrogen and oxygen atoms in total. The van der Waals surface area contributed by atoms with Crippen molar-refractivity contribution in [2.75, 3.05) is 0 Å². The van der Waals surface area contributed by atoms with Crippen molar-refractivity contribution in [3.05, 3.63) is 17.5 Å². The van der Waals surface area contributed by atoms with Gasteiger partial charge in [-0.2, -0.15) is 5.10 Å². The quantitative estimate of drug-likeness (QED) is 0.552. The highest BCUT2D eigenvalue weighted by Gasteiger charge is 2.19. The van der Waals surface area contributed by atoms with Gasteiger partial charge >= 0.3 is 0 Å². The topological polar surface area (TPSA) is 17.8 Å². The summed E-state index contributed by atoms with van der Waals surface area (Å²) in [5.41, 5.74) is 2.92. The van der Waals surface area contributed by atoms with Crippen molar-refractivity contribution in [1.82, 2.24) is 9.78 Å². The molecule has 0 radical (unpaired) electrons. The first-order chi connectivity index (χ1) is 5.29. The Bertz CT molecular complexity index is 263. The Labute approximate surface area is 67.2 Å². The van der Waals surface area contributed by atoms with Crippen molar-refractivity contribution >= 4 is 0 Å². The number of nitrogens with zero attached hydrogens (tertiary/aromatic N) is 2. The van der Waals surface area contributed by atoms with E-state index in [2.05, 4.69) is 12.0 Å². The van der Waals surface area contributed by atoms with Crippen molar-refractivity contribution in [1.29, 1.82) is 0 Å². The van der Waals surface area contributed by atoms with Gasteiger partial charge in [0.25, 0.3) is 0 Å². The fourth-order valence-electron chi connectivity index (χ4n) is 2.06. The second kappa shape index (κ2) is 2.36. The molecule has 1 aromatic rings. The fraction of sp³-hybridized carbons (Fsp3) is 0.667. The molecule has 1 aliphatic rings. The lowest BCUT2D eigenvalue weighted by molar-refractivity contribution is 0.544. The van der Waals surface area contributed by atoms with E-state index in [1.54, 1.807) is 0 Å². The predicted molar refractivity (Wildman–Crippen MR) is 44.6 cm³/mol. The molecular formula is C9H14N2. The summed E-state index contributed by atoms with van der Waals surface area (Å²) in [6.45, 7) is 2.29. The number of hydrogen-bond donors (Lipinski definition) is 0. The summed E-state index contributed by atoms with van der Waals surface area (Å²) in [7, 11) is 2.04. The van der Waals surface area contributed by atoms with E-state index in [1.165, 1.54) is 30.5 Å². The molecule has 1 aliphatic carbocycles. The lowest BCUT2D eigenvalue weighted by Crippen LogP contribution is -2.09. The minimum absolute atomic E-state index is 0.714. The van der Waals surface area contributed by atoms with Gasteiger partial charge in [-0.25, -0.2) is 0 Å². The molecule has 0 saturated heterocycles. The van der Waals surface area contributed by atoms with Crippen molar-refractivity contribution in [3.8, 4) is 0 Å². The molecule has 1 unspecified atom stereocenters. The highest BCUT2D eigenvalue weighted by molar-refractivity contribution is 5.23. The lowest BCUT2D eigenvalue weighted by Gasteiger charge is -2.18. The van der Waals surface area contributed by atoms with Crippen LogP contribution in [0.3, 0.4) is 0 Å². The molecule has 11 heavy (non-hydrogen) atoms. The van der Waals surface area contributed by atoms with Crippen LogP contribution in [0, 0.1) is 0 Å². The van der Waals surface area contributed by atoms with Gasteiger partial charge < -0.3 is 0 Å². The van der Waals surface area contributed by atoms with Crippen molar-refractivity contribution in [2.45, 2.75) is 32.1 Å². The fourth-order valence-corrected chi connectivity index (χ4v) is 2.06. The molecule has 0 aromatic carbocycles. The minimum Gasteiger partial charge on any atom is -0.272 e. The van der Waals surface area contributed by atoms with Crippen LogP contribution in [0.1, 0.15) is 36.9 Å². The molecule has 60 valence electrons. The van der Waals surface area contributed by atoms with Crippen LogP contribution in [-0.4, -0.2) is 9.78 Å². The second-order valence-corrected chi connectivity index (χ2v) is 3.47. The molecule has 0 N–H and O–H groups in total. The molecule has 1 aromatic heterocycles. The van der Waals surface area contributed by atoms with Crippen LogP contribution in [0.2, 0.25) is 0 Å². The maximum atomic E-state index is 4.27. The van der Waals surface area contributed by atoms with Crippen molar-refractivity contribution < 1.29 is 0 Å². The van der Waals surface area contributed by atoms with Crippen LogP contribution in [0.4, 0.5) is 0 Å². The predicted octanol–water partition coefficient (Wildman–Crippen LogP) is 1.86. The largest absolute Gasteiger partial charge is 0.272 e. The van der Waals surface area contributed by atoms with Crippen LogP contribution in [0.5, 0.6) is 0 Å². The van der Waals surface area contributed by atoms with Crippen LogP contribution in [0.25, 0.3) is 0 Å². The van der Waals surface area contributed by atoms with Crippen LogP contribution >= 0.6 is 0 Å². The molecule has 1 atom stereocenters. The Morgan fingerprint density at radius 3 is 3.18 bits per heavy atom. The third-order valence-electron chi connectivity index (χ3n) is 2.61. The van der Waals surface area contributed by atoms with E-state index in [4.69, 9.17) is 0 Å². The Hall–Kier alpha value is -0.790. The third-order valence-corrected chi connectivity index (χ3v) is 2.61. The Morgan fingerprint density at radius 2 is 2.45 bits per heavy atom. The zero-order valence-electron chi connectivity index (χ0n) is 7.17. The average Bonchev–Trinajstić information content (AvgIpc) is 2.34. The van der Waals surface area contributed by atoms with Gasteiger partial charge in [-0.3, -0.25) is 4.68 Å². The summed E-state index contributed by atoms with van der Waals surface area (Å²) < 4.78 is 2.03. The smallest absolute Gasteiger partial charge is 0.0524 e. The molecule has 0 saturated carbocycles. The van der Waals surface area contributed by atoms with E-state index in [0.717, 1.165) is 0 Å². The summed E-state index contributed by atoms with van der Waals surface area (Å²) in [6.07, 6.45) is 5.91. The summed E-state index contributed by atoms with van der Waals surface area (Å²) in [5.74, 6) is 0.714. The van der Waals surface area contributed by atoms with E-state index in [0.29, 0.717) is 5.92 Å². The highest BCUT2D eigenvalue weighted by Crippen LogP contribution is 2.29. The van der Waals surface area contributed by atoms with E-state index < -0.39 is 0 Å². The monoisotopic (exact) mass is 150 g/mol. The number of rotatable bonds is 0. The molecule has 0 fully saturated rings. The molecular weight excluding hydrogens is 136 g/mol. The average molecular weight is 150 g/mol. The standard InChI is InChI=1S/C9H14N2/c1-7-4-3-5-8-6-10-11(2)9(7)8/h6-7H,3-5H2,1-2H3. The van der Waals surface area contributed by atoms with Gasteiger partial charge in [0.1, 0.15) is 0 Å². The molecule has 0 aliphatic heterocycles. The molecule has 0 bridgehead atoms. The van der Waals surface area contributed by atoms with Crippen molar-refractivity contribution in [2.24, 2.45) is 7.05 Å². The van der Waals surface area contributed by atoms with E-state index in [1.807, 2.05) is 17.9 Å². The maximum Gasteiger partial charge on any atom is 0.0524 e. The SMILES string of the molecule is CC1CCCc2cnn(C)c21. The summed E-state index contributed by atoms with van der Waals surface area (Å²) in [5, 5.41) is 4.27. The maximum absolute atomic E-state index is 4.27. The number of fused-ring (bicyclic) bond motifs is 1. The molecule has 0 amide bonds. The first kappa shape index (κ1) is 6.89. The molecule has 0 spiro atoms. The first-order valence-electron chi connectivity index (χ1n) is 4.30. The van der Waals surface area contributed by atoms with Gasteiger partial charge in [0.2, 0.25) is 0 Å². The van der Waals surface area contributed by atoms with E-state index in [-0.39, 0.29) is 0 Å². The Morgan fingerprint density at radius 1 is 1.64 bits per heavy atom. The van der Waals surface area contributed by atoms with Gasteiger partial charge in [0.15, 0.2) is 0 Å². The van der Waals surface area contributed by atoms with Gasteiger partial charge in [-0.15, -0.1) is 0 Å². The summed E-state index contributed by atoms with van der Waals surface area (Å²) in [4.78, 5) is 0. The van der Waals surface area contributed by atoms with E-state index in [9.17, 15) is 0 Å². The van der Waals surface area contributed by atoms with Crippen LogP contribution in [0.15, 0.2) is 6.20 Å². The zero-order valence-corrected chi connectivity index (χ0v) is 7.17. The van der Waals surface area contributed by atoms with Gasteiger partial charge in [-0.05, 0) is 30.7 Å². The lowest BCUT2D eigenvalue weighted by atomic mass is 9.89. The summed E-state index contributed by atoms with van der Waals surface area (Å²) in [6, 6.07) is 0. The molecule has 2 heteroatoms. The third kappa shape index (κ3) is 0.971. The number of aryl methyl sites for hydroxylation is 2. The normalized spacial score (nSPS) is 23.3. The number of hydrogen-bond acceptors (Lipinski definition) is 1. The van der Waals surface area contributed by atoms with Crippen LogP contribution < -0.4 is 0 Å². The zero-order chi connectivity index (χ0) is 7.84. The van der Waals surface area contributed by atoms with E-state index >= 15 is 0 Å².